The van der Waals surface area contributed by atoms with Gasteiger partial charge in [-0.1, -0.05) is 0 Å². The molecular formula is C13H8BrF3N4. The Morgan fingerprint density at radius 1 is 1.29 bits per heavy atom. The fourth-order valence-corrected chi connectivity index (χ4v) is 2.00. The van der Waals surface area contributed by atoms with E-state index in [4.69, 9.17) is 11.0 Å². The highest BCUT2D eigenvalue weighted by atomic mass is 79.9. The van der Waals surface area contributed by atoms with Crippen LogP contribution in [-0.4, -0.2) is 4.98 Å². The van der Waals surface area contributed by atoms with Gasteiger partial charge in [0.2, 0.25) is 0 Å². The molecule has 2 aromatic rings. The van der Waals surface area contributed by atoms with Gasteiger partial charge < -0.3 is 11.1 Å². The van der Waals surface area contributed by atoms with Crippen LogP contribution >= 0.6 is 15.9 Å². The van der Waals surface area contributed by atoms with Gasteiger partial charge in [0.15, 0.2) is 5.82 Å². The zero-order chi connectivity index (χ0) is 15.6. The summed E-state index contributed by atoms with van der Waals surface area (Å²) in [4.78, 5) is 3.98. The minimum absolute atomic E-state index is 0.142. The lowest BCUT2D eigenvalue weighted by Crippen LogP contribution is -2.09. The van der Waals surface area contributed by atoms with Gasteiger partial charge in [0.05, 0.1) is 22.9 Å². The number of pyridine rings is 1. The summed E-state index contributed by atoms with van der Waals surface area (Å²) < 4.78 is 39.2. The average Bonchev–Trinajstić information content (AvgIpc) is 2.41. The number of benzene rings is 1. The monoisotopic (exact) mass is 356 g/mol. The minimum atomic E-state index is -4.61. The molecule has 21 heavy (non-hydrogen) atoms. The van der Waals surface area contributed by atoms with Gasteiger partial charge in [-0.2, -0.15) is 18.4 Å². The Morgan fingerprint density at radius 2 is 2.00 bits per heavy atom. The van der Waals surface area contributed by atoms with Crippen LogP contribution in [0.5, 0.6) is 0 Å². The predicted octanol–water partition coefficient (Wildman–Crippen LogP) is 4.06. The molecule has 2 rings (SSSR count). The fraction of sp³-hybridized carbons (Fsp3) is 0.0769. The van der Waals surface area contributed by atoms with E-state index < -0.39 is 17.3 Å². The molecule has 0 bridgehead atoms. The van der Waals surface area contributed by atoms with E-state index in [1.165, 1.54) is 18.3 Å². The van der Waals surface area contributed by atoms with Crippen LogP contribution < -0.4 is 11.1 Å². The van der Waals surface area contributed by atoms with E-state index in [0.29, 0.717) is 4.47 Å². The lowest BCUT2D eigenvalue weighted by atomic mass is 10.1. The Balaban J connectivity index is 2.40. The van der Waals surface area contributed by atoms with Gasteiger partial charge in [-0.3, -0.25) is 0 Å². The molecule has 0 saturated carbocycles. The van der Waals surface area contributed by atoms with Crippen molar-refractivity contribution in [1.29, 1.82) is 5.26 Å². The summed E-state index contributed by atoms with van der Waals surface area (Å²) in [6, 6.07) is 6.40. The molecule has 0 amide bonds. The van der Waals surface area contributed by atoms with Crippen molar-refractivity contribution < 1.29 is 13.2 Å². The maximum Gasteiger partial charge on any atom is 0.417 e. The maximum absolute atomic E-state index is 12.9. The fourth-order valence-electron chi connectivity index (χ4n) is 1.65. The number of alkyl halides is 3. The van der Waals surface area contributed by atoms with Crippen LogP contribution in [0, 0.1) is 11.3 Å². The lowest BCUT2D eigenvalue weighted by molar-refractivity contribution is -0.137. The highest BCUT2D eigenvalue weighted by molar-refractivity contribution is 9.10. The summed E-state index contributed by atoms with van der Waals surface area (Å²) in [6.45, 7) is 0. The second-order valence-electron chi connectivity index (χ2n) is 4.09. The SMILES string of the molecule is N#Cc1ccc(Nc2ncc(Br)cc2N)cc1C(F)(F)F. The molecule has 0 radical (unpaired) electrons. The number of nitrogens with zero attached hydrogens (tertiary/aromatic N) is 2. The zero-order valence-corrected chi connectivity index (χ0v) is 12.0. The normalized spacial score (nSPS) is 11.0. The number of aromatic nitrogens is 1. The molecule has 1 aromatic heterocycles. The van der Waals surface area contributed by atoms with E-state index >= 15 is 0 Å². The van der Waals surface area contributed by atoms with Gasteiger partial charge in [0.25, 0.3) is 0 Å². The van der Waals surface area contributed by atoms with E-state index in [2.05, 4.69) is 26.2 Å². The van der Waals surface area contributed by atoms with Gasteiger partial charge in [0.1, 0.15) is 0 Å². The number of halogens is 4. The molecule has 108 valence electrons. The first kappa shape index (κ1) is 15.1. The topological polar surface area (TPSA) is 74.7 Å². The van der Waals surface area contributed by atoms with Gasteiger partial charge >= 0.3 is 6.18 Å². The molecule has 0 aliphatic heterocycles. The van der Waals surface area contributed by atoms with Crippen molar-refractivity contribution in [2.45, 2.75) is 6.18 Å². The first-order valence-electron chi connectivity index (χ1n) is 5.60. The third-order valence-electron chi connectivity index (χ3n) is 2.59. The molecule has 1 heterocycles. The van der Waals surface area contributed by atoms with Gasteiger partial charge in [0, 0.05) is 16.4 Å². The molecule has 1 aromatic carbocycles. The highest BCUT2D eigenvalue weighted by Crippen LogP contribution is 2.34. The summed E-state index contributed by atoms with van der Waals surface area (Å²) >= 11 is 3.18. The quantitative estimate of drug-likeness (QED) is 0.850. The van der Waals surface area contributed by atoms with Crippen LogP contribution in [0.25, 0.3) is 0 Å². The Hall–Kier alpha value is -2.27. The van der Waals surface area contributed by atoms with Crippen LogP contribution in [0.15, 0.2) is 34.9 Å². The van der Waals surface area contributed by atoms with Crippen LogP contribution in [0.3, 0.4) is 0 Å². The van der Waals surface area contributed by atoms with Gasteiger partial charge in [-0.15, -0.1) is 0 Å². The number of nitrogens with one attached hydrogen (secondary N) is 1. The second-order valence-corrected chi connectivity index (χ2v) is 5.00. The number of anilines is 3. The highest BCUT2D eigenvalue weighted by Gasteiger charge is 2.33. The van der Waals surface area contributed by atoms with Crippen molar-refractivity contribution in [1.82, 2.24) is 4.98 Å². The van der Waals surface area contributed by atoms with E-state index in [1.807, 2.05) is 0 Å². The van der Waals surface area contributed by atoms with E-state index in [1.54, 1.807) is 6.07 Å². The Labute approximate surface area is 126 Å². The first-order chi connectivity index (χ1) is 9.81. The Morgan fingerprint density at radius 3 is 2.57 bits per heavy atom. The standard InChI is InChI=1S/C13H8BrF3N4/c14-8-3-11(19)12(20-6-8)21-9-2-1-7(5-18)10(4-9)13(15,16)17/h1-4,6H,19H2,(H,20,21). The largest absolute Gasteiger partial charge is 0.417 e. The van der Waals surface area contributed by atoms with Crippen LogP contribution in [0.4, 0.5) is 30.4 Å². The van der Waals surface area contributed by atoms with Crippen molar-refractivity contribution in [2.24, 2.45) is 0 Å². The molecule has 0 spiro atoms. The number of rotatable bonds is 2. The minimum Gasteiger partial charge on any atom is -0.396 e. The van der Waals surface area contributed by atoms with Crippen LogP contribution in [-0.2, 0) is 6.18 Å². The summed E-state index contributed by atoms with van der Waals surface area (Å²) in [5, 5.41) is 11.4. The van der Waals surface area contributed by atoms with E-state index in [-0.39, 0.29) is 17.2 Å². The molecule has 0 saturated heterocycles. The molecule has 0 atom stereocenters. The van der Waals surface area contributed by atoms with Gasteiger partial charge in [-0.05, 0) is 40.2 Å². The summed E-state index contributed by atoms with van der Waals surface area (Å²) in [5.41, 5.74) is 4.69. The van der Waals surface area contributed by atoms with Gasteiger partial charge in [-0.25, -0.2) is 4.98 Å². The number of nitriles is 1. The van der Waals surface area contributed by atoms with Crippen LogP contribution in [0.1, 0.15) is 11.1 Å². The Bertz CT molecular complexity index is 722. The summed E-state index contributed by atoms with van der Waals surface area (Å²) in [5.74, 6) is 0.232. The second kappa shape index (κ2) is 5.61. The number of nitrogens with two attached hydrogens (primary N) is 1. The third kappa shape index (κ3) is 3.44. The Kier molecular flexibility index (Phi) is 4.04. The van der Waals surface area contributed by atoms with Crippen molar-refractivity contribution in [3.05, 3.63) is 46.1 Å². The molecule has 0 aliphatic rings. The average molecular weight is 357 g/mol. The van der Waals surface area contributed by atoms with Crippen molar-refractivity contribution in [2.75, 3.05) is 11.1 Å². The predicted molar refractivity (Wildman–Crippen MR) is 75.8 cm³/mol. The number of nitrogen functional groups attached to an aromatic ring is 1. The smallest absolute Gasteiger partial charge is 0.396 e. The molecule has 0 unspecified atom stereocenters. The van der Waals surface area contributed by atoms with Crippen LogP contribution in [0.2, 0.25) is 0 Å². The van der Waals surface area contributed by atoms with Crippen molar-refractivity contribution in [3.63, 3.8) is 0 Å². The maximum atomic E-state index is 12.9. The summed E-state index contributed by atoms with van der Waals surface area (Å²) in [6.07, 6.45) is -3.14. The molecule has 3 N–H and O–H groups in total. The lowest BCUT2D eigenvalue weighted by Gasteiger charge is -2.13. The first-order valence-corrected chi connectivity index (χ1v) is 6.40. The van der Waals surface area contributed by atoms with Crippen molar-refractivity contribution >= 4 is 33.1 Å². The molecule has 0 aliphatic carbocycles. The molecule has 8 heteroatoms. The van der Waals surface area contributed by atoms with E-state index in [0.717, 1.165) is 12.1 Å². The zero-order valence-electron chi connectivity index (χ0n) is 10.4. The third-order valence-corrected chi connectivity index (χ3v) is 3.03. The molecular weight excluding hydrogens is 349 g/mol. The van der Waals surface area contributed by atoms with E-state index in [9.17, 15) is 13.2 Å². The van der Waals surface area contributed by atoms with Crippen molar-refractivity contribution in [3.8, 4) is 6.07 Å². The molecule has 0 fully saturated rings. The number of hydrogen-bond donors (Lipinski definition) is 2. The summed E-state index contributed by atoms with van der Waals surface area (Å²) in [7, 11) is 0. The molecule has 4 nitrogen and oxygen atoms in total. The number of hydrogen-bond acceptors (Lipinski definition) is 4.